The van der Waals surface area contributed by atoms with Crippen LogP contribution in [0.2, 0.25) is 0 Å². The molecule has 1 aliphatic rings. The quantitative estimate of drug-likeness (QED) is 0.905. The molecule has 3 rings (SSSR count). The molecule has 1 unspecified atom stereocenters. The van der Waals surface area contributed by atoms with E-state index in [1.807, 2.05) is 0 Å². The van der Waals surface area contributed by atoms with E-state index in [2.05, 4.69) is 30.4 Å². The van der Waals surface area contributed by atoms with Gasteiger partial charge in [-0.3, -0.25) is 0 Å². The molecule has 0 aromatic heterocycles. The van der Waals surface area contributed by atoms with Gasteiger partial charge < -0.3 is 15.2 Å². The second-order valence-electron chi connectivity index (χ2n) is 6.05. The molecule has 0 bridgehead atoms. The second-order valence-corrected chi connectivity index (χ2v) is 6.05. The number of benzene rings is 2. The third-order valence-electron chi connectivity index (χ3n) is 4.27. The summed E-state index contributed by atoms with van der Waals surface area (Å²) in [5.41, 5.74) is 3.67. The third-order valence-corrected chi connectivity index (χ3v) is 4.27. The van der Waals surface area contributed by atoms with Gasteiger partial charge in [-0.05, 0) is 49.1 Å². The Morgan fingerprint density at radius 2 is 2.13 bits per heavy atom. The summed E-state index contributed by atoms with van der Waals surface area (Å²) in [6.07, 6.45) is 2.00. The molecular formula is C19H22FNO2. The molecular weight excluding hydrogens is 293 g/mol. The van der Waals surface area contributed by atoms with Crippen LogP contribution in [0.3, 0.4) is 0 Å². The van der Waals surface area contributed by atoms with Crippen LogP contribution in [0.4, 0.5) is 4.39 Å². The van der Waals surface area contributed by atoms with Gasteiger partial charge in [0, 0.05) is 23.7 Å². The molecule has 23 heavy (non-hydrogen) atoms. The van der Waals surface area contributed by atoms with Gasteiger partial charge in [0.05, 0.1) is 13.2 Å². The number of aliphatic hydroxyl groups is 1. The van der Waals surface area contributed by atoms with E-state index in [4.69, 9.17) is 4.74 Å². The van der Waals surface area contributed by atoms with Crippen LogP contribution in [0.25, 0.3) is 0 Å². The van der Waals surface area contributed by atoms with Crippen molar-refractivity contribution >= 4 is 0 Å². The summed E-state index contributed by atoms with van der Waals surface area (Å²) < 4.78 is 19.3. The minimum absolute atomic E-state index is 0.218. The van der Waals surface area contributed by atoms with E-state index in [9.17, 15) is 9.50 Å². The smallest absolute Gasteiger partial charge is 0.128 e. The average Bonchev–Trinajstić information content (AvgIpc) is 2.75. The lowest BCUT2D eigenvalue weighted by Crippen LogP contribution is -2.20. The molecule has 0 saturated carbocycles. The lowest BCUT2D eigenvalue weighted by molar-refractivity contribution is 0.275. The molecule has 0 amide bonds. The summed E-state index contributed by atoms with van der Waals surface area (Å²) in [5, 5.41) is 12.7. The minimum Gasteiger partial charge on any atom is -0.493 e. The number of hydrogen-bond acceptors (Lipinski definition) is 3. The maximum atomic E-state index is 13.5. The number of hydrogen-bond donors (Lipinski definition) is 2. The highest BCUT2D eigenvalue weighted by Crippen LogP contribution is 2.32. The minimum atomic E-state index is -0.361. The molecule has 2 aromatic rings. The predicted molar refractivity (Wildman–Crippen MR) is 87.8 cm³/mol. The maximum absolute atomic E-state index is 13.5. The standard InChI is InChI=1S/C19H22FNO2/c1-13-4-6-16-18(3-2-8-23-19(16)9-13)21-11-14-5-7-17(20)15(10-14)12-22/h4-7,9-10,18,21-22H,2-3,8,11-12H2,1H3. The number of ether oxygens (including phenoxy) is 1. The molecule has 3 nitrogen and oxygen atoms in total. The summed E-state index contributed by atoms with van der Waals surface area (Å²) in [6, 6.07) is 11.4. The fourth-order valence-corrected chi connectivity index (χ4v) is 2.99. The van der Waals surface area contributed by atoms with Crippen LogP contribution in [0.1, 0.15) is 41.1 Å². The van der Waals surface area contributed by atoms with Crippen LogP contribution in [0.15, 0.2) is 36.4 Å². The zero-order valence-electron chi connectivity index (χ0n) is 13.3. The Morgan fingerprint density at radius 1 is 1.26 bits per heavy atom. The molecule has 4 heteroatoms. The van der Waals surface area contributed by atoms with Crippen molar-refractivity contribution in [1.29, 1.82) is 0 Å². The monoisotopic (exact) mass is 315 g/mol. The SMILES string of the molecule is Cc1ccc2c(c1)OCCCC2NCc1ccc(F)c(CO)c1. The molecule has 1 aliphatic heterocycles. The zero-order chi connectivity index (χ0) is 16.2. The van der Waals surface area contributed by atoms with Crippen LogP contribution in [-0.4, -0.2) is 11.7 Å². The Labute approximate surface area is 136 Å². The Hall–Kier alpha value is -1.91. The van der Waals surface area contributed by atoms with Gasteiger partial charge in [-0.1, -0.05) is 18.2 Å². The molecule has 0 spiro atoms. The predicted octanol–water partition coefficient (Wildman–Crippen LogP) is 3.63. The highest BCUT2D eigenvalue weighted by Gasteiger charge is 2.19. The molecule has 122 valence electrons. The molecule has 2 aromatic carbocycles. The van der Waals surface area contributed by atoms with E-state index in [0.29, 0.717) is 12.1 Å². The zero-order valence-corrected chi connectivity index (χ0v) is 13.3. The highest BCUT2D eigenvalue weighted by atomic mass is 19.1. The van der Waals surface area contributed by atoms with Crippen molar-refractivity contribution in [2.24, 2.45) is 0 Å². The summed E-state index contributed by atoms with van der Waals surface area (Å²) in [5.74, 6) is 0.593. The van der Waals surface area contributed by atoms with Crippen molar-refractivity contribution in [3.8, 4) is 5.75 Å². The van der Waals surface area contributed by atoms with Gasteiger partial charge in [-0.15, -0.1) is 0 Å². The number of fused-ring (bicyclic) bond motifs is 1. The molecule has 0 saturated heterocycles. The fourth-order valence-electron chi connectivity index (χ4n) is 2.99. The van der Waals surface area contributed by atoms with Crippen molar-refractivity contribution in [2.45, 2.75) is 39.0 Å². The molecule has 0 fully saturated rings. The average molecular weight is 315 g/mol. The highest BCUT2D eigenvalue weighted by molar-refractivity contribution is 5.40. The van der Waals surface area contributed by atoms with Crippen molar-refractivity contribution < 1.29 is 14.2 Å². The lowest BCUT2D eigenvalue weighted by Gasteiger charge is -2.19. The Morgan fingerprint density at radius 3 is 2.96 bits per heavy atom. The van der Waals surface area contributed by atoms with E-state index >= 15 is 0 Å². The van der Waals surface area contributed by atoms with Crippen LogP contribution in [-0.2, 0) is 13.2 Å². The fraction of sp³-hybridized carbons (Fsp3) is 0.368. The summed E-state index contributed by atoms with van der Waals surface area (Å²) in [4.78, 5) is 0. The van der Waals surface area contributed by atoms with Crippen LogP contribution < -0.4 is 10.1 Å². The number of aryl methyl sites for hydroxylation is 1. The van der Waals surface area contributed by atoms with E-state index in [1.54, 1.807) is 12.1 Å². The molecule has 0 aliphatic carbocycles. The first-order valence-electron chi connectivity index (χ1n) is 8.02. The van der Waals surface area contributed by atoms with Gasteiger partial charge in [0.25, 0.3) is 0 Å². The van der Waals surface area contributed by atoms with Crippen molar-refractivity contribution in [1.82, 2.24) is 5.32 Å². The van der Waals surface area contributed by atoms with Crippen LogP contribution in [0, 0.1) is 12.7 Å². The van der Waals surface area contributed by atoms with E-state index in [-0.39, 0.29) is 18.5 Å². The van der Waals surface area contributed by atoms with Crippen molar-refractivity contribution in [3.63, 3.8) is 0 Å². The van der Waals surface area contributed by atoms with Crippen LogP contribution in [0.5, 0.6) is 5.75 Å². The first-order chi connectivity index (χ1) is 11.2. The van der Waals surface area contributed by atoms with E-state index < -0.39 is 0 Å². The van der Waals surface area contributed by atoms with Gasteiger partial charge in [0.2, 0.25) is 0 Å². The number of halogens is 1. The van der Waals surface area contributed by atoms with Gasteiger partial charge in [0.1, 0.15) is 11.6 Å². The van der Waals surface area contributed by atoms with E-state index in [0.717, 1.165) is 30.8 Å². The Bertz CT molecular complexity index is 687. The van der Waals surface area contributed by atoms with Crippen molar-refractivity contribution in [2.75, 3.05) is 6.61 Å². The van der Waals surface area contributed by atoms with E-state index in [1.165, 1.54) is 17.2 Å². The molecule has 1 heterocycles. The molecule has 2 N–H and O–H groups in total. The first kappa shape index (κ1) is 16.0. The number of nitrogens with one attached hydrogen (secondary N) is 1. The number of rotatable bonds is 4. The third kappa shape index (κ3) is 3.71. The Balaban J connectivity index is 1.75. The Kier molecular flexibility index (Phi) is 4.94. The lowest BCUT2D eigenvalue weighted by atomic mass is 10.00. The molecule has 0 radical (unpaired) electrons. The van der Waals surface area contributed by atoms with Gasteiger partial charge in [0.15, 0.2) is 0 Å². The number of aliphatic hydroxyl groups excluding tert-OH is 1. The summed E-state index contributed by atoms with van der Waals surface area (Å²) in [7, 11) is 0. The first-order valence-corrected chi connectivity index (χ1v) is 8.02. The summed E-state index contributed by atoms with van der Waals surface area (Å²) in [6.45, 7) is 3.15. The maximum Gasteiger partial charge on any atom is 0.128 e. The van der Waals surface area contributed by atoms with Crippen molar-refractivity contribution in [3.05, 3.63) is 64.5 Å². The van der Waals surface area contributed by atoms with Gasteiger partial charge in [-0.25, -0.2) is 4.39 Å². The normalized spacial score (nSPS) is 17.3. The second kappa shape index (κ2) is 7.11. The van der Waals surface area contributed by atoms with Gasteiger partial charge in [-0.2, -0.15) is 0 Å². The van der Waals surface area contributed by atoms with Gasteiger partial charge >= 0.3 is 0 Å². The topological polar surface area (TPSA) is 41.5 Å². The molecule has 1 atom stereocenters. The van der Waals surface area contributed by atoms with Crippen LogP contribution >= 0.6 is 0 Å². The largest absolute Gasteiger partial charge is 0.493 e. The summed E-state index contributed by atoms with van der Waals surface area (Å²) >= 11 is 0.